The van der Waals surface area contributed by atoms with Crippen LogP contribution in [0.2, 0.25) is 0 Å². The van der Waals surface area contributed by atoms with Gasteiger partial charge in [-0.2, -0.15) is 0 Å². The van der Waals surface area contributed by atoms with Crippen molar-refractivity contribution in [2.75, 3.05) is 5.32 Å². The molecule has 1 aromatic carbocycles. The van der Waals surface area contributed by atoms with Crippen molar-refractivity contribution in [3.8, 4) is 11.3 Å². The van der Waals surface area contributed by atoms with Crippen LogP contribution in [0.3, 0.4) is 0 Å². The van der Waals surface area contributed by atoms with Gasteiger partial charge >= 0.3 is 0 Å². The van der Waals surface area contributed by atoms with E-state index in [4.69, 9.17) is 5.84 Å². The first-order valence-electron chi connectivity index (χ1n) is 5.51. The highest BCUT2D eigenvalue weighted by molar-refractivity contribution is 7.13. The highest BCUT2D eigenvalue weighted by atomic mass is 32.1. The summed E-state index contributed by atoms with van der Waals surface area (Å²) in [6.07, 6.45) is 1.37. The van der Waals surface area contributed by atoms with Crippen LogP contribution in [-0.4, -0.2) is 17.2 Å². The van der Waals surface area contributed by atoms with Crippen LogP contribution in [-0.2, 0) is 4.79 Å². The molecule has 4 N–H and O–H groups in total. The van der Waals surface area contributed by atoms with Crippen LogP contribution in [0, 0.1) is 0 Å². The summed E-state index contributed by atoms with van der Waals surface area (Å²) >= 11 is 1.41. The van der Waals surface area contributed by atoms with E-state index in [1.807, 2.05) is 29.6 Å². The fourth-order valence-electron chi connectivity index (χ4n) is 1.51. The van der Waals surface area contributed by atoms with Gasteiger partial charge in [0.15, 0.2) is 0 Å². The molecule has 0 spiro atoms. The summed E-state index contributed by atoms with van der Waals surface area (Å²) in [6.45, 7) is 1.47. The van der Waals surface area contributed by atoms with E-state index in [1.165, 1.54) is 24.6 Å². The van der Waals surface area contributed by atoms with Gasteiger partial charge in [0.2, 0.25) is 11.0 Å². The summed E-state index contributed by atoms with van der Waals surface area (Å²) in [5, 5.41) is 5.24. The third-order valence-corrected chi connectivity index (χ3v) is 2.97. The van der Waals surface area contributed by atoms with E-state index in [9.17, 15) is 4.79 Å². The second kappa shape index (κ2) is 6.07. The van der Waals surface area contributed by atoms with Gasteiger partial charge in [-0.3, -0.25) is 4.79 Å². The second-order valence-electron chi connectivity index (χ2n) is 3.70. The fraction of sp³-hybridized carbons (Fsp3) is 0.0833. The lowest BCUT2D eigenvalue weighted by Crippen LogP contribution is -2.18. The average molecular weight is 275 g/mol. The van der Waals surface area contributed by atoms with Crippen LogP contribution in [0.5, 0.6) is 0 Å². The quantitative estimate of drug-likeness (QED) is 0.344. The minimum absolute atomic E-state index is 0.102. The minimum Gasteiger partial charge on any atom is -0.326 e. The summed E-state index contributed by atoms with van der Waals surface area (Å²) in [5.41, 5.74) is 4.79. The SMILES string of the molecule is CC(=O)Nc1cccc(-c2csc(N=CNN)n2)c1. The maximum Gasteiger partial charge on any atom is 0.221 e. The number of carbonyl (C=O) groups excluding carboxylic acids is 1. The number of nitrogens with two attached hydrogens (primary N) is 1. The number of rotatable bonds is 4. The Hall–Kier alpha value is -2.25. The topological polar surface area (TPSA) is 92.4 Å². The van der Waals surface area contributed by atoms with Gasteiger partial charge in [0.1, 0.15) is 6.34 Å². The van der Waals surface area contributed by atoms with Crippen molar-refractivity contribution in [2.24, 2.45) is 10.8 Å². The molecule has 0 radical (unpaired) electrons. The molecule has 2 rings (SSSR count). The average Bonchev–Trinajstić information content (AvgIpc) is 2.84. The van der Waals surface area contributed by atoms with Gasteiger partial charge in [0, 0.05) is 23.6 Å². The number of nitrogens with one attached hydrogen (secondary N) is 2. The molecule has 0 aliphatic carbocycles. The molecular weight excluding hydrogens is 262 g/mol. The zero-order chi connectivity index (χ0) is 13.7. The van der Waals surface area contributed by atoms with Crippen LogP contribution in [0.1, 0.15) is 6.92 Å². The zero-order valence-electron chi connectivity index (χ0n) is 10.3. The van der Waals surface area contributed by atoms with Crippen molar-refractivity contribution in [2.45, 2.75) is 6.92 Å². The third kappa shape index (κ3) is 3.60. The van der Waals surface area contributed by atoms with Crippen LogP contribution < -0.4 is 16.6 Å². The van der Waals surface area contributed by atoms with Gasteiger partial charge in [-0.1, -0.05) is 12.1 Å². The highest BCUT2D eigenvalue weighted by Crippen LogP contribution is 2.27. The largest absolute Gasteiger partial charge is 0.326 e. The molecule has 0 aliphatic rings. The molecule has 0 aliphatic heterocycles. The monoisotopic (exact) mass is 275 g/mol. The van der Waals surface area contributed by atoms with Crippen LogP contribution in [0.25, 0.3) is 11.3 Å². The molecule has 98 valence electrons. The zero-order valence-corrected chi connectivity index (χ0v) is 11.1. The molecule has 19 heavy (non-hydrogen) atoms. The number of anilines is 1. The molecule has 1 aromatic heterocycles. The Kier molecular flexibility index (Phi) is 4.22. The molecule has 7 heteroatoms. The lowest BCUT2D eigenvalue weighted by atomic mass is 10.1. The highest BCUT2D eigenvalue weighted by Gasteiger charge is 2.05. The van der Waals surface area contributed by atoms with E-state index in [2.05, 4.69) is 20.7 Å². The van der Waals surface area contributed by atoms with E-state index in [1.54, 1.807) is 0 Å². The van der Waals surface area contributed by atoms with E-state index in [0.29, 0.717) is 5.13 Å². The summed E-state index contributed by atoms with van der Waals surface area (Å²) in [4.78, 5) is 19.4. The molecule has 1 amide bonds. The van der Waals surface area contributed by atoms with Crippen molar-refractivity contribution in [1.82, 2.24) is 10.4 Å². The van der Waals surface area contributed by atoms with E-state index in [-0.39, 0.29) is 5.91 Å². The van der Waals surface area contributed by atoms with Crippen molar-refractivity contribution in [1.29, 1.82) is 0 Å². The first kappa shape index (κ1) is 13.2. The smallest absolute Gasteiger partial charge is 0.221 e. The molecule has 0 atom stereocenters. The van der Waals surface area contributed by atoms with Gasteiger partial charge in [-0.15, -0.1) is 11.3 Å². The number of hydrogen-bond acceptors (Lipinski definition) is 5. The second-order valence-corrected chi connectivity index (χ2v) is 4.54. The normalized spacial score (nSPS) is 10.6. The Morgan fingerprint density at radius 2 is 2.37 bits per heavy atom. The summed E-state index contributed by atoms with van der Waals surface area (Å²) in [5.74, 6) is 5.00. The first-order valence-corrected chi connectivity index (χ1v) is 6.39. The predicted molar refractivity (Wildman–Crippen MR) is 77.3 cm³/mol. The Morgan fingerprint density at radius 3 is 3.11 bits per heavy atom. The number of carbonyl (C=O) groups is 1. The summed E-state index contributed by atoms with van der Waals surface area (Å²) in [7, 11) is 0. The molecule has 1 heterocycles. The van der Waals surface area contributed by atoms with Gasteiger partial charge in [-0.25, -0.2) is 15.8 Å². The number of hydrazine groups is 1. The number of aliphatic imine (C=N–C) groups is 1. The molecule has 0 bridgehead atoms. The predicted octanol–water partition coefficient (Wildman–Crippen LogP) is 1.89. The number of hydrogen-bond donors (Lipinski definition) is 3. The van der Waals surface area contributed by atoms with Crippen molar-refractivity contribution in [3.05, 3.63) is 29.6 Å². The number of nitrogens with zero attached hydrogens (tertiary/aromatic N) is 2. The molecule has 2 aromatic rings. The Bertz CT molecular complexity index is 608. The first-order chi connectivity index (χ1) is 9.19. The lowest BCUT2D eigenvalue weighted by molar-refractivity contribution is -0.114. The van der Waals surface area contributed by atoms with E-state index >= 15 is 0 Å². The Labute approximate surface area is 114 Å². The van der Waals surface area contributed by atoms with Crippen molar-refractivity contribution in [3.63, 3.8) is 0 Å². The van der Waals surface area contributed by atoms with Gasteiger partial charge < -0.3 is 10.7 Å². The number of aromatic nitrogens is 1. The van der Waals surface area contributed by atoms with Gasteiger partial charge in [0.05, 0.1) is 5.69 Å². The van der Waals surface area contributed by atoms with Gasteiger partial charge in [0.25, 0.3) is 0 Å². The van der Waals surface area contributed by atoms with Crippen molar-refractivity contribution < 1.29 is 4.79 Å². The van der Waals surface area contributed by atoms with Gasteiger partial charge in [-0.05, 0) is 12.1 Å². The standard InChI is InChI=1S/C12H13N5OS/c1-8(18)16-10-4-2-3-9(5-10)11-6-19-12(17-11)14-7-15-13/h2-7H,13H2,1H3,(H,16,18)(H,14,15,17). The summed E-state index contributed by atoms with van der Waals surface area (Å²) in [6, 6.07) is 7.49. The Balaban J connectivity index is 2.23. The molecule has 0 saturated heterocycles. The Morgan fingerprint density at radius 1 is 1.53 bits per heavy atom. The number of benzene rings is 1. The van der Waals surface area contributed by atoms with E-state index in [0.717, 1.165) is 16.9 Å². The molecule has 0 unspecified atom stereocenters. The van der Waals surface area contributed by atoms with E-state index < -0.39 is 0 Å². The third-order valence-electron chi connectivity index (χ3n) is 2.22. The number of amides is 1. The summed E-state index contributed by atoms with van der Waals surface area (Å²) < 4.78 is 0. The molecule has 0 saturated carbocycles. The van der Waals surface area contributed by atoms with Crippen molar-refractivity contribution >= 4 is 34.4 Å². The maximum atomic E-state index is 11.0. The minimum atomic E-state index is -0.102. The lowest BCUT2D eigenvalue weighted by Gasteiger charge is -2.03. The van der Waals surface area contributed by atoms with Crippen LogP contribution in [0.15, 0.2) is 34.6 Å². The van der Waals surface area contributed by atoms with Crippen LogP contribution >= 0.6 is 11.3 Å². The van der Waals surface area contributed by atoms with Crippen LogP contribution in [0.4, 0.5) is 10.8 Å². The fourth-order valence-corrected chi connectivity index (χ4v) is 2.18. The molecular formula is C12H13N5OS. The maximum absolute atomic E-state index is 11.0. The number of thiazole rings is 1. The molecule has 6 nitrogen and oxygen atoms in total. The molecule has 0 fully saturated rings.